The standard InChI is InChI=1S/C30H41ClFN6O9P/c1-17(2)45-29(42)18(3)36-48(43,47-22-10-8-7-9-20(22)11-12-21(40)13-39)44-15-30(14-31)25(41)23(32)28(46-30)38-16-33-24-26(37(5)6)34-19(4)35-27(24)38/h7-10,16-18,23,25,28,39,41H,11-15H2,1-6H3,(H,36,43)/t18-,23-,25-,28+,30+,48?/m0/s1. The van der Waals surface area contributed by atoms with Gasteiger partial charge in [-0.1, -0.05) is 18.2 Å². The smallest absolute Gasteiger partial charge is 0.459 e. The summed E-state index contributed by atoms with van der Waals surface area (Å²) in [5.74, 6) is -0.733. The third kappa shape index (κ3) is 8.30. The molecule has 1 aliphatic rings. The maximum absolute atomic E-state index is 15.9. The third-order valence-electron chi connectivity index (χ3n) is 7.48. The molecule has 3 aromatic rings. The lowest BCUT2D eigenvalue weighted by Crippen LogP contribution is -2.48. The molecule has 0 saturated carbocycles. The number of esters is 1. The van der Waals surface area contributed by atoms with Gasteiger partial charge in [-0.15, -0.1) is 11.6 Å². The van der Waals surface area contributed by atoms with E-state index < -0.39 is 74.8 Å². The van der Waals surface area contributed by atoms with Crippen molar-refractivity contribution >= 4 is 48.1 Å². The van der Waals surface area contributed by atoms with Crippen molar-refractivity contribution in [3.8, 4) is 5.75 Å². The van der Waals surface area contributed by atoms with E-state index in [1.54, 1.807) is 58.0 Å². The van der Waals surface area contributed by atoms with Crippen molar-refractivity contribution in [3.63, 3.8) is 0 Å². The predicted molar refractivity (Wildman–Crippen MR) is 174 cm³/mol. The maximum Gasteiger partial charge on any atom is 0.459 e. The molecule has 15 nitrogen and oxygen atoms in total. The van der Waals surface area contributed by atoms with Crippen LogP contribution in [0.15, 0.2) is 30.6 Å². The van der Waals surface area contributed by atoms with Crippen molar-refractivity contribution in [1.82, 2.24) is 24.6 Å². The lowest BCUT2D eigenvalue weighted by molar-refractivity contribution is -0.149. The van der Waals surface area contributed by atoms with Crippen LogP contribution in [0.1, 0.15) is 44.8 Å². The molecule has 1 unspecified atom stereocenters. The molecule has 1 aromatic carbocycles. The third-order valence-corrected chi connectivity index (χ3v) is 9.55. The molecule has 0 aliphatic carbocycles. The number of anilines is 1. The molecule has 264 valence electrons. The molecule has 1 aliphatic heterocycles. The number of nitrogens with zero attached hydrogens (tertiary/aromatic N) is 5. The number of aliphatic hydroxyl groups excluding tert-OH is 2. The summed E-state index contributed by atoms with van der Waals surface area (Å²) in [5.41, 5.74) is -0.873. The molecule has 0 radical (unpaired) electrons. The monoisotopic (exact) mass is 714 g/mol. The van der Waals surface area contributed by atoms with Crippen LogP contribution in [-0.4, -0.2) is 105 Å². The number of para-hydroxylation sites is 1. The average Bonchev–Trinajstić information content (AvgIpc) is 3.56. The zero-order valence-electron chi connectivity index (χ0n) is 27.5. The number of ketones is 1. The molecular formula is C30H41ClFN6O9P. The van der Waals surface area contributed by atoms with Gasteiger partial charge in [0.1, 0.15) is 35.9 Å². The van der Waals surface area contributed by atoms with E-state index in [-0.39, 0.29) is 24.2 Å². The van der Waals surface area contributed by atoms with Gasteiger partial charge in [0, 0.05) is 20.5 Å². The molecule has 1 saturated heterocycles. The second-order valence-corrected chi connectivity index (χ2v) is 13.9. The second kappa shape index (κ2) is 15.5. The van der Waals surface area contributed by atoms with E-state index in [9.17, 15) is 19.3 Å². The van der Waals surface area contributed by atoms with E-state index >= 15 is 4.39 Å². The van der Waals surface area contributed by atoms with Crippen molar-refractivity contribution < 1.29 is 47.3 Å². The quantitative estimate of drug-likeness (QED) is 0.112. The van der Waals surface area contributed by atoms with Gasteiger partial charge in [0.05, 0.1) is 24.9 Å². The van der Waals surface area contributed by atoms with Crippen molar-refractivity contribution in [1.29, 1.82) is 0 Å². The summed E-state index contributed by atoms with van der Waals surface area (Å²) < 4.78 is 54.6. The summed E-state index contributed by atoms with van der Waals surface area (Å²) in [6.07, 6.45) is -4.44. The molecule has 18 heteroatoms. The van der Waals surface area contributed by atoms with Crippen LogP contribution in [0.25, 0.3) is 11.2 Å². The summed E-state index contributed by atoms with van der Waals surface area (Å²) >= 11 is 6.31. The summed E-state index contributed by atoms with van der Waals surface area (Å²) in [6, 6.07) is 5.17. The van der Waals surface area contributed by atoms with Gasteiger partial charge in [0.2, 0.25) is 0 Å². The van der Waals surface area contributed by atoms with Crippen LogP contribution in [-0.2, 0) is 34.6 Å². The van der Waals surface area contributed by atoms with Crippen molar-refractivity contribution in [2.45, 2.75) is 76.8 Å². The van der Waals surface area contributed by atoms with Gasteiger partial charge in [-0.05, 0) is 45.7 Å². The molecule has 4 rings (SSSR count). The first-order valence-electron chi connectivity index (χ1n) is 15.2. The number of imidazole rings is 1. The van der Waals surface area contributed by atoms with Gasteiger partial charge in [0.15, 0.2) is 35.2 Å². The van der Waals surface area contributed by atoms with E-state index in [2.05, 4.69) is 20.0 Å². The molecule has 6 atom stereocenters. The Kier molecular flexibility index (Phi) is 12.2. The fourth-order valence-electron chi connectivity index (χ4n) is 5.00. The first-order valence-corrected chi connectivity index (χ1v) is 17.3. The number of fused-ring (bicyclic) bond motifs is 1. The molecule has 2 aromatic heterocycles. The van der Waals surface area contributed by atoms with Crippen LogP contribution in [0.4, 0.5) is 10.2 Å². The van der Waals surface area contributed by atoms with Crippen molar-refractivity contribution in [3.05, 3.63) is 42.0 Å². The van der Waals surface area contributed by atoms with Crippen molar-refractivity contribution in [2.24, 2.45) is 0 Å². The Hall–Kier alpha value is -3.24. The number of benzene rings is 1. The molecule has 1 fully saturated rings. The number of alkyl halides is 2. The number of carbonyl (C=O) groups is 2. The number of ether oxygens (including phenoxy) is 2. The van der Waals surface area contributed by atoms with E-state index in [1.165, 1.54) is 23.9 Å². The molecule has 0 amide bonds. The number of aromatic nitrogens is 4. The number of hydrogen-bond acceptors (Lipinski definition) is 13. The predicted octanol–water partition coefficient (Wildman–Crippen LogP) is 3.03. The maximum atomic E-state index is 15.9. The Morgan fingerprint density at radius 2 is 1.96 bits per heavy atom. The fraction of sp³-hybridized carbons (Fsp3) is 0.567. The van der Waals surface area contributed by atoms with Crippen molar-refractivity contribution in [2.75, 3.05) is 38.1 Å². The number of aryl methyl sites for hydroxylation is 2. The fourth-order valence-corrected chi connectivity index (χ4v) is 6.88. The first kappa shape index (κ1) is 37.6. The summed E-state index contributed by atoms with van der Waals surface area (Å²) in [4.78, 5) is 39.3. The Bertz CT molecular complexity index is 1660. The zero-order chi connectivity index (χ0) is 35.4. The number of carbonyl (C=O) groups excluding carboxylic acids is 2. The minimum atomic E-state index is -4.58. The molecule has 3 heterocycles. The minimum absolute atomic E-state index is 0.0232. The topological polar surface area (TPSA) is 187 Å². The van der Waals surface area contributed by atoms with Gasteiger partial charge >= 0.3 is 13.7 Å². The minimum Gasteiger partial charge on any atom is -0.462 e. The van der Waals surface area contributed by atoms with Gasteiger partial charge in [-0.25, -0.2) is 23.9 Å². The summed E-state index contributed by atoms with van der Waals surface area (Å²) in [5, 5.41) is 22.9. The Morgan fingerprint density at radius 3 is 2.60 bits per heavy atom. The van der Waals surface area contributed by atoms with Gasteiger partial charge in [0.25, 0.3) is 0 Å². The highest BCUT2D eigenvalue weighted by Crippen LogP contribution is 2.49. The highest BCUT2D eigenvalue weighted by atomic mass is 35.5. The van der Waals surface area contributed by atoms with Crippen LogP contribution in [0.5, 0.6) is 5.75 Å². The molecule has 0 bridgehead atoms. The van der Waals surface area contributed by atoms with Crippen LogP contribution in [0, 0.1) is 6.92 Å². The van der Waals surface area contributed by atoms with Gasteiger partial charge in [-0.2, -0.15) is 5.09 Å². The number of rotatable bonds is 16. The van der Waals surface area contributed by atoms with Gasteiger partial charge in [-0.3, -0.25) is 18.7 Å². The highest BCUT2D eigenvalue weighted by Gasteiger charge is 2.57. The first-order chi connectivity index (χ1) is 22.6. The van der Waals surface area contributed by atoms with E-state index in [0.29, 0.717) is 22.7 Å². The van der Waals surface area contributed by atoms with Crippen LogP contribution in [0.3, 0.4) is 0 Å². The second-order valence-electron chi connectivity index (χ2n) is 11.9. The lowest BCUT2D eigenvalue weighted by atomic mass is 9.99. The highest BCUT2D eigenvalue weighted by molar-refractivity contribution is 7.52. The summed E-state index contributed by atoms with van der Waals surface area (Å²) in [7, 11) is -1.03. The Labute approximate surface area is 282 Å². The van der Waals surface area contributed by atoms with Gasteiger partial charge < -0.3 is 29.1 Å². The number of hydrogen-bond donors (Lipinski definition) is 3. The SMILES string of the molecule is Cc1nc(N(C)C)c2ncn([C@@H]3O[C@](CCl)(COP(=O)(N[C@@H](C)C(=O)OC(C)C)Oc4ccccc4CCC(=O)CO)[C@@H](O)[C@@H]3F)c2n1. The number of nitrogens with one attached hydrogen (secondary N) is 1. The average molecular weight is 715 g/mol. The molecule has 0 spiro atoms. The summed E-state index contributed by atoms with van der Waals surface area (Å²) in [6.45, 7) is 4.96. The van der Waals surface area contributed by atoms with Crippen LogP contribution in [0.2, 0.25) is 0 Å². The van der Waals surface area contributed by atoms with Crippen LogP contribution < -0.4 is 14.5 Å². The molecule has 3 N–H and O–H groups in total. The Balaban J connectivity index is 1.65. The number of Topliss-reactive ketones (excluding diaryl/α,β-unsaturated/α-hetero) is 1. The van der Waals surface area contributed by atoms with E-state index in [1.807, 2.05) is 0 Å². The molecular weight excluding hydrogens is 674 g/mol. The van der Waals surface area contributed by atoms with Crippen LogP contribution >= 0.6 is 19.3 Å². The van der Waals surface area contributed by atoms with E-state index in [0.717, 1.165) is 0 Å². The number of aliphatic hydroxyl groups is 2. The van der Waals surface area contributed by atoms with E-state index in [4.69, 9.17) is 35.2 Å². The number of halogens is 2. The Morgan fingerprint density at radius 1 is 1.25 bits per heavy atom. The molecule has 48 heavy (non-hydrogen) atoms. The lowest BCUT2D eigenvalue weighted by Gasteiger charge is -2.32. The largest absolute Gasteiger partial charge is 0.462 e. The zero-order valence-corrected chi connectivity index (χ0v) is 29.2. The normalized spacial score (nSPS) is 22.9.